The van der Waals surface area contributed by atoms with Gasteiger partial charge in [-0.3, -0.25) is 0 Å². The lowest BCUT2D eigenvalue weighted by Crippen LogP contribution is -2.16. The molecular weight excluding hydrogens is 272 g/mol. The lowest BCUT2D eigenvalue weighted by Gasteiger charge is -2.13. The van der Waals surface area contributed by atoms with Gasteiger partial charge in [0, 0.05) is 6.54 Å². The van der Waals surface area contributed by atoms with Crippen molar-refractivity contribution in [2.45, 2.75) is 25.9 Å². The van der Waals surface area contributed by atoms with Crippen molar-refractivity contribution in [2.75, 3.05) is 0 Å². The molecule has 22 heavy (non-hydrogen) atoms. The number of rotatable bonds is 4. The number of aromatic nitrogens is 2. The van der Waals surface area contributed by atoms with Crippen molar-refractivity contribution in [1.29, 1.82) is 5.26 Å². The van der Waals surface area contributed by atoms with E-state index in [-0.39, 0.29) is 6.04 Å². The van der Waals surface area contributed by atoms with Gasteiger partial charge in [0.2, 0.25) is 0 Å². The van der Waals surface area contributed by atoms with Crippen molar-refractivity contribution in [3.8, 4) is 6.07 Å². The normalized spacial score (nSPS) is 12.2. The van der Waals surface area contributed by atoms with Gasteiger partial charge < -0.3 is 10.3 Å². The largest absolute Gasteiger partial charge is 0.322 e. The number of imidazole rings is 1. The van der Waals surface area contributed by atoms with Crippen LogP contribution in [0.3, 0.4) is 0 Å². The highest BCUT2D eigenvalue weighted by molar-refractivity contribution is 5.76. The third-order valence-corrected chi connectivity index (χ3v) is 3.88. The van der Waals surface area contributed by atoms with Gasteiger partial charge >= 0.3 is 0 Å². The van der Waals surface area contributed by atoms with Crippen LogP contribution in [0.4, 0.5) is 0 Å². The molecule has 0 saturated heterocycles. The second kappa shape index (κ2) is 6.00. The Morgan fingerprint density at radius 1 is 1.18 bits per heavy atom. The number of benzene rings is 2. The van der Waals surface area contributed by atoms with E-state index >= 15 is 0 Å². The number of hydrogen-bond donors (Lipinski definition) is 1. The molecule has 0 spiro atoms. The summed E-state index contributed by atoms with van der Waals surface area (Å²) in [5.74, 6) is 0.910. The van der Waals surface area contributed by atoms with E-state index in [1.54, 1.807) is 0 Å². The van der Waals surface area contributed by atoms with E-state index in [9.17, 15) is 0 Å². The second-order valence-electron chi connectivity index (χ2n) is 5.37. The minimum absolute atomic E-state index is 0.0780. The van der Waals surface area contributed by atoms with Crippen LogP contribution in [0.2, 0.25) is 0 Å². The molecule has 0 fully saturated rings. The number of nitriles is 1. The van der Waals surface area contributed by atoms with Gasteiger partial charge in [-0.1, -0.05) is 31.2 Å². The Morgan fingerprint density at radius 3 is 2.59 bits per heavy atom. The topological polar surface area (TPSA) is 67.6 Å². The van der Waals surface area contributed by atoms with E-state index in [0.717, 1.165) is 28.8 Å². The standard InChI is InChI=1S/C18H18N4/c1-2-15(20)18-21-16-5-3-4-6-17(16)22(18)12-14-9-7-13(11-19)8-10-14/h3-10,15H,2,12,20H2,1H3. The van der Waals surface area contributed by atoms with Crippen LogP contribution in [-0.4, -0.2) is 9.55 Å². The fourth-order valence-electron chi connectivity index (χ4n) is 2.59. The third-order valence-electron chi connectivity index (χ3n) is 3.88. The minimum atomic E-state index is -0.0780. The summed E-state index contributed by atoms with van der Waals surface area (Å²) in [6.07, 6.45) is 0.844. The predicted molar refractivity (Wildman–Crippen MR) is 87.2 cm³/mol. The average molecular weight is 290 g/mol. The van der Waals surface area contributed by atoms with E-state index in [0.29, 0.717) is 12.1 Å². The Morgan fingerprint density at radius 2 is 1.91 bits per heavy atom. The monoisotopic (exact) mass is 290 g/mol. The van der Waals surface area contributed by atoms with Crippen molar-refractivity contribution in [3.05, 3.63) is 65.5 Å². The third kappa shape index (κ3) is 2.59. The summed E-state index contributed by atoms with van der Waals surface area (Å²) in [5.41, 5.74) is 10.1. The predicted octanol–water partition coefficient (Wildman–Crippen LogP) is 3.37. The average Bonchev–Trinajstić information content (AvgIpc) is 2.93. The molecule has 0 amide bonds. The van der Waals surface area contributed by atoms with E-state index in [1.165, 1.54) is 0 Å². The van der Waals surface area contributed by atoms with Crippen molar-refractivity contribution < 1.29 is 0 Å². The second-order valence-corrected chi connectivity index (χ2v) is 5.37. The molecule has 0 bridgehead atoms. The Bertz CT molecular complexity index is 824. The fraction of sp³-hybridized carbons (Fsp3) is 0.222. The number of para-hydroxylation sites is 2. The van der Waals surface area contributed by atoms with Crippen molar-refractivity contribution >= 4 is 11.0 Å². The van der Waals surface area contributed by atoms with Gasteiger partial charge in [0.25, 0.3) is 0 Å². The van der Waals surface area contributed by atoms with E-state index in [4.69, 9.17) is 16.0 Å². The van der Waals surface area contributed by atoms with Crippen molar-refractivity contribution in [2.24, 2.45) is 5.73 Å². The first kappa shape index (κ1) is 14.3. The Balaban J connectivity index is 2.05. The van der Waals surface area contributed by atoms with Gasteiger partial charge in [0.05, 0.1) is 28.7 Å². The first-order chi connectivity index (χ1) is 10.7. The van der Waals surface area contributed by atoms with Crippen LogP contribution in [-0.2, 0) is 6.54 Å². The molecule has 0 saturated carbocycles. The molecular formula is C18H18N4. The Hall–Kier alpha value is -2.64. The maximum absolute atomic E-state index is 8.89. The summed E-state index contributed by atoms with van der Waals surface area (Å²) in [4.78, 5) is 4.70. The summed E-state index contributed by atoms with van der Waals surface area (Å²) >= 11 is 0. The lowest BCUT2D eigenvalue weighted by molar-refractivity contribution is 0.605. The molecule has 1 heterocycles. The minimum Gasteiger partial charge on any atom is -0.322 e. The van der Waals surface area contributed by atoms with Crippen LogP contribution >= 0.6 is 0 Å². The molecule has 2 aromatic carbocycles. The molecule has 0 aliphatic carbocycles. The summed E-state index contributed by atoms with van der Waals surface area (Å²) < 4.78 is 2.17. The zero-order chi connectivity index (χ0) is 15.5. The summed E-state index contributed by atoms with van der Waals surface area (Å²) in [6, 6.07) is 17.8. The molecule has 0 radical (unpaired) electrons. The van der Waals surface area contributed by atoms with Crippen LogP contribution < -0.4 is 5.73 Å². The van der Waals surface area contributed by atoms with E-state index in [1.807, 2.05) is 42.5 Å². The van der Waals surface area contributed by atoms with Crippen LogP contribution in [0.5, 0.6) is 0 Å². The molecule has 2 N–H and O–H groups in total. The summed E-state index contributed by atoms with van der Waals surface area (Å²) in [6.45, 7) is 2.77. The Labute approximate surface area is 129 Å². The van der Waals surface area contributed by atoms with Crippen LogP contribution in [0.15, 0.2) is 48.5 Å². The van der Waals surface area contributed by atoms with Gasteiger partial charge in [-0.25, -0.2) is 4.98 Å². The number of nitrogens with two attached hydrogens (primary N) is 1. The van der Waals surface area contributed by atoms with Crippen LogP contribution in [0, 0.1) is 11.3 Å². The molecule has 3 aromatic rings. The molecule has 1 aromatic heterocycles. The van der Waals surface area contributed by atoms with Crippen molar-refractivity contribution in [1.82, 2.24) is 9.55 Å². The van der Waals surface area contributed by atoms with Gasteiger partial charge in [0.15, 0.2) is 0 Å². The first-order valence-corrected chi connectivity index (χ1v) is 7.42. The zero-order valence-corrected chi connectivity index (χ0v) is 12.5. The first-order valence-electron chi connectivity index (χ1n) is 7.42. The Kier molecular flexibility index (Phi) is 3.90. The molecule has 1 atom stereocenters. The van der Waals surface area contributed by atoms with E-state index < -0.39 is 0 Å². The van der Waals surface area contributed by atoms with Gasteiger partial charge in [-0.15, -0.1) is 0 Å². The highest BCUT2D eigenvalue weighted by Crippen LogP contribution is 2.22. The summed E-state index contributed by atoms with van der Waals surface area (Å²) in [7, 11) is 0. The summed E-state index contributed by atoms with van der Waals surface area (Å²) in [5, 5.41) is 8.89. The fourth-order valence-corrected chi connectivity index (χ4v) is 2.59. The highest BCUT2D eigenvalue weighted by Gasteiger charge is 2.15. The van der Waals surface area contributed by atoms with Gasteiger partial charge in [-0.05, 0) is 36.2 Å². The van der Waals surface area contributed by atoms with E-state index in [2.05, 4.69) is 23.6 Å². The molecule has 0 aliphatic rings. The molecule has 4 nitrogen and oxygen atoms in total. The lowest BCUT2D eigenvalue weighted by atomic mass is 10.1. The highest BCUT2D eigenvalue weighted by atomic mass is 15.1. The number of nitrogens with zero attached hydrogens (tertiary/aromatic N) is 3. The van der Waals surface area contributed by atoms with Crippen LogP contribution in [0.1, 0.15) is 36.3 Å². The molecule has 4 heteroatoms. The smallest absolute Gasteiger partial charge is 0.127 e. The van der Waals surface area contributed by atoms with Crippen molar-refractivity contribution in [3.63, 3.8) is 0 Å². The van der Waals surface area contributed by atoms with Gasteiger partial charge in [0.1, 0.15) is 5.82 Å². The molecule has 110 valence electrons. The maximum atomic E-state index is 8.89. The number of fused-ring (bicyclic) bond motifs is 1. The van der Waals surface area contributed by atoms with Crippen LogP contribution in [0.25, 0.3) is 11.0 Å². The molecule has 1 unspecified atom stereocenters. The molecule has 3 rings (SSSR count). The zero-order valence-electron chi connectivity index (χ0n) is 12.5. The number of hydrogen-bond acceptors (Lipinski definition) is 3. The van der Waals surface area contributed by atoms with Gasteiger partial charge in [-0.2, -0.15) is 5.26 Å². The molecule has 0 aliphatic heterocycles. The maximum Gasteiger partial charge on any atom is 0.127 e. The SMILES string of the molecule is CCC(N)c1nc2ccccc2n1Cc1ccc(C#N)cc1. The quantitative estimate of drug-likeness (QED) is 0.801.